The lowest BCUT2D eigenvalue weighted by Crippen LogP contribution is -2.58. The number of hydrogen-bond acceptors (Lipinski definition) is 11. The highest BCUT2D eigenvalue weighted by molar-refractivity contribution is 7.91. The van der Waals surface area contributed by atoms with Crippen molar-refractivity contribution in [3.05, 3.63) is 36.4 Å². The number of sulfonamides is 1. The van der Waals surface area contributed by atoms with Crippen molar-refractivity contribution in [2.24, 2.45) is 5.92 Å². The van der Waals surface area contributed by atoms with Gasteiger partial charge < -0.3 is 34.6 Å². The number of amides is 4. The Hall–Kier alpha value is -4.60. The van der Waals surface area contributed by atoms with Gasteiger partial charge in [0.1, 0.15) is 40.9 Å². The predicted molar refractivity (Wildman–Crippen MR) is 202 cm³/mol. The number of nitrogens with zero attached hydrogens (tertiary/aromatic N) is 3. The number of benzene rings is 1. The number of hydrogen-bond donors (Lipinski definition) is 3. The SMILES string of the molecule is COc1ccc2c(OC3C[C@H]4C(=O)N[C@]5(C(=O)NS(=O)(=O)C6CC6)C[C@H]5/C=C\CCCCC[C@H](NC(=O)OC(C)(C)C)C(=O)N4C3)nc(N(C)C)cc2c1. The average Bonchev–Trinajstić information content (AvgIpc) is 4.02. The Labute approximate surface area is 316 Å². The maximum Gasteiger partial charge on any atom is 0.408 e. The van der Waals surface area contributed by atoms with Crippen molar-refractivity contribution in [2.45, 2.75) is 113 Å². The van der Waals surface area contributed by atoms with Gasteiger partial charge in [-0.25, -0.2) is 13.2 Å². The summed E-state index contributed by atoms with van der Waals surface area (Å²) >= 11 is 0. The first-order valence-corrected chi connectivity index (χ1v) is 20.2. The molecule has 15 nitrogen and oxygen atoms in total. The zero-order valence-electron chi connectivity index (χ0n) is 31.8. The van der Waals surface area contributed by atoms with Crippen LogP contribution < -0.4 is 29.7 Å². The number of carbonyl (C=O) groups is 4. The maximum absolute atomic E-state index is 14.5. The number of fused-ring (bicyclic) bond motifs is 3. The molecule has 2 aromatic rings. The number of nitrogens with one attached hydrogen (secondary N) is 3. The third-order valence-corrected chi connectivity index (χ3v) is 12.1. The van der Waals surface area contributed by atoms with Gasteiger partial charge in [0.05, 0.1) is 18.9 Å². The Bertz CT molecular complexity index is 1930. The molecule has 1 aromatic heterocycles. The molecule has 294 valence electrons. The van der Waals surface area contributed by atoms with Gasteiger partial charge in [-0.15, -0.1) is 0 Å². The van der Waals surface area contributed by atoms with Crippen molar-refractivity contribution in [3.63, 3.8) is 0 Å². The van der Waals surface area contributed by atoms with E-state index in [0.29, 0.717) is 54.9 Å². The maximum atomic E-state index is 14.5. The zero-order valence-corrected chi connectivity index (χ0v) is 32.7. The van der Waals surface area contributed by atoms with Crippen LogP contribution in [0.1, 0.15) is 78.6 Å². The topological polar surface area (TPSA) is 186 Å². The summed E-state index contributed by atoms with van der Waals surface area (Å²) in [6, 6.07) is 5.28. The normalized spacial score (nSPS) is 27.0. The minimum Gasteiger partial charge on any atom is -0.497 e. The second-order valence-corrected chi connectivity index (χ2v) is 17.9. The van der Waals surface area contributed by atoms with E-state index in [1.165, 1.54) is 4.90 Å². The monoisotopic (exact) mass is 768 g/mol. The molecule has 1 aromatic carbocycles. The largest absolute Gasteiger partial charge is 0.497 e. The molecule has 1 saturated heterocycles. The van der Waals surface area contributed by atoms with Gasteiger partial charge in [-0.1, -0.05) is 25.0 Å². The Morgan fingerprint density at radius 2 is 1.83 bits per heavy atom. The highest BCUT2D eigenvalue weighted by Crippen LogP contribution is 2.46. The summed E-state index contributed by atoms with van der Waals surface area (Å²) in [5, 5.41) is 6.52. The molecule has 6 rings (SSSR count). The molecule has 3 heterocycles. The molecule has 16 heteroatoms. The standard InChI is InChI=1S/C38H52N6O9S/c1-37(2,3)53-36(48)39-29-13-11-9-7-8-10-12-24-21-38(24,35(47)42-54(49,50)27-15-16-27)41-32(45)30-20-26(22-44(30)34(29)46)52-33-28-17-14-25(51-6)18-23(28)19-31(40-33)43(4)5/h10,12,14,17-19,24,26-27,29-30H,7-9,11,13,15-16,20-22H2,1-6H3,(H,39,48)(H,41,45)(H,42,47)/b12-10-/t24-,26?,29+,30+,38-/m1/s1. The fraction of sp³-hybridized carbons (Fsp3) is 0.605. The number of aromatic nitrogens is 1. The molecule has 5 atom stereocenters. The van der Waals surface area contributed by atoms with Crippen LogP contribution in [0.4, 0.5) is 10.6 Å². The molecular weight excluding hydrogens is 717 g/mol. The number of methoxy groups -OCH3 is 1. The van der Waals surface area contributed by atoms with E-state index in [2.05, 4.69) is 15.4 Å². The molecule has 0 radical (unpaired) electrons. The number of alkyl carbamates (subject to hydrolysis) is 1. The molecule has 0 spiro atoms. The second-order valence-electron chi connectivity index (χ2n) is 16.0. The second kappa shape index (κ2) is 15.3. The molecular formula is C38H52N6O9S. The highest BCUT2D eigenvalue weighted by Gasteiger charge is 2.62. The molecule has 3 N–H and O–H groups in total. The zero-order chi connectivity index (χ0) is 39.0. The summed E-state index contributed by atoms with van der Waals surface area (Å²) in [4.78, 5) is 63.7. The quantitative estimate of drug-likeness (QED) is 0.334. The average molecular weight is 769 g/mol. The smallest absolute Gasteiger partial charge is 0.408 e. The number of allylic oxidation sites excluding steroid dienone is 1. The minimum absolute atomic E-state index is 0.0203. The molecule has 2 saturated carbocycles. The van der Waals surface area contributed by atoms with Crippen LogP contribution in [0.25, 0.3) is 10.8 Å². The van der Waals surface area contributed by atoms with Crippen LogP contribution in [0, 0.1) is 5.92 Å². The van der Waals surface area contributed by atoms with Gasteiger partial charge in [-0.2, -0.15) is 4.98 Å². The number of rotatable bonds is 8. The van der Waals surface area contributed by atoms with Crippen LogP contribution in [0.5, 0.6) is 11.6 Å². The van der Waals surface area contributed by atoms with Crippen molar-refractivity contribution in [2.75, 3.05) is 32.6 Å². The molecule has 2 aliphatic heterocycles. The first kappa shape index (κ1) is 39.1. The third kappa shape index (κ3) is 8.85. The first-order valence-electron chi connectivity index (χ1n) is 18.7. The number of anilines is 1. The fourth-order valence-electron chi connectivity index (χ4n) is 7.09. The van der Waals surface area contributed by atoms with E-state index < -0.39 is 74.3 Å². The van der Waals surface area contributed by atoms with Gasteiger partial charge >= 0.3 is 6.09 Å². The van der Waals surface area contributed by atoms with E-state index in [0.717, 1.165) is 18.2 Å². The van der Waals surface area contributed by atoms with Crippen LogP contribution in [0.2, 0.25) is 0 Å². The lowest BCUT2D eigenvalue weighted by Gasteiger charge is -2.30. The summed E-state index contributed by atoms with van der Waals surface area (Å²) in [6.45, 7) is 5.17. The fourth-order valence-corrected chi connectivity index (χ4v) is 8.46. The lowest BCUT2D eigenvalue weighted by molar-refractivity contribution is -0.141. The van der Waals surface area contributed by atoms with Crippen LogP contribution in [-0.2, 0) is 29.1 Å². The summed E-state index contributed by atoms with van der Waals surface area (Å²) < 4.78 is 45.4. The van der Waals surface area contributed by atoms with Crippen molar-refractivity contribution in [3.8, 4) is 11.6 Å². The van der Waals surface area contributed by atoms with Crippen LogP contribution in [0.3, 0.4) is 0 Å². The highest BCUT2D eigenvalue weighted by atomic mass is 32.2. The van der Waals surface area contributed by atoms with Gasteiger partial charge in [0.15, 0.2) is 0 Å². The summed E-state index contributed by atoms with van der Waals surface area (Å²) in [6.07, 6.45) is 6.72. The van der Waals surface area contributed by atoms with Crippen molar-refractivity contribution >= 4 is 50.4 Å². The van der Waals surface area contributed by atoms with Crippen molar-refractivity contribution < 1.29 is 41.8 Å². The van der Waals surface area contributed by atoms with Gasteiger partial charge in [0, 0.05) is 31.8 Å². The Morgan fingerprint density at radius 1 is 1.07 bits per heavy atom. The molecule has 4 amide bonds. The van der Waals surface area contributed by atoms with E-state index in [1.807, 2.05) is 49.3 Å². The molecule has 4 aliphatic rings. The number of ether oxygens (including phenoxy) is 3. The molecule has 54 heavy (non-hydrogen) atoms. The van der Waals surface area contributed by atoms with E-state index >= 15 is 0 Å². The van der Waals surface area contributed by atoms with Gasteiger partial charge in [-0.3, -0.25) is 19.1 Å². The van der Waals surface area contributed by atoms with E-state index in [1.54, 1.807) is 33.9 Å². The van der Waals surface area contributed by atoms with E-state index in [-0.39, 0.29) is 19.4 Å². The molecule has 3 fully saturated rings. The van der Waals surface area contributed by atoms with Gasteiger partial charge in [0.25, 0.3) is 5.91 Å². The van der Waals surface area contributed by atoms with Crippen LogP contribution in [0.15, 0.2) is 36.4 Å². The Balaban J connectivity index is 1.34. The third-order valence-electron chi connectivity index (χ3n) is 10.3. The summed E-state index contributed by atoms with van der Waals surface area (Å²) in [7, 11) is 1.40. The van der Waals surface area contributed by atoms with Gasteiger partial charge in [0.2, 0.25) is 27.7 Å². The Kier molecular flexibility index (Phi) is 11.1. The van der Waals surface area contributed by atoms with Crippen LogP contribution >= 0.6 is 0 Å². The van der Waals surface area contributed by atoms with Gasteiger partial charge in [-0.05, 0) is 88.9 Å². The number of carbonyl (C=O) groups excluding carboxylic acids is 4. The Morgan fingerprint density at radius 3 is 2.52 bits per heavy atom. The molecule has 1 unspecified atom stereocenters. The van der Waals surface area contributed by atoms with E-state index in [9.17, 15) is 27.6 Å². The minimum atomic E-state index is -3.89. The van der Waals surface area contributed by atoms with Crippen molar-refractivity contribution in [1.82, 2.24) is 25.2 Å². The van der Waals surface area contributed by atoms with Crippen LogP contribution in [-0.4, -0.2) is 104 Å². The van der Waals surface area contributed by atoms with Crippen molar-refractivity contribution in [1.29, 1.82) is 0 Å². The van der Waals surface area contributed by atoms with E-state index in [4.69, 9.17) is 19.2 Å². The summed E-state index contributed by atoms with van der Waals surface area (Å²) in [5.41, 5.74) is -2.31. The first-order chi connectivity index (χ1) is 25.5. The molecule has 2 aliphatic carbocycles. The molecule has 0 bridgehead atoms. The lowest BCUT2D eigenvalue weighted by atomic mass is 10.0. The number of pyridine rings is 1. The predicted octanol–water partition coefficient (Wildman–Crippen LogP) is 3.55. The summed E-state index contributed by atoms with van der Waals surface area (Å²) in [5.74, 6) is -0.764.